The highest BCUT2D eigenvalue weighted by Gasteiger charge is 1.99. The summed E-state index contributed by atoms with van der Waals surface area (Å²) in [6.45, 7) is 2.09. The van der Waals surface area contributed by atoms with Crippen LogP contribution in [0.15, 0.2) is 42.5 Å². The third kappa shape index (κ3) is 5.51. The van der Waals surface area contributed by atoms with Crippen LogP contribution in [0.3, 0.4) is 0 Å². The smallest absolute Gasteiger partial charge is 0.309 e. The Morgan fingerprint density at radius 3 is 2.65 bits per heavy atom. The van der Waals surface area contributed by atoms with Crippen LogP contribution in [-0.2, 0) is 14.3 Å². The molecule has 0 aliphatic heterocycles. The van der Waals surface area contributed by atoms with E-state index >= 15 is 0 Å². The van der Waals surface area contributed by atoms with Gasteiger partial charge in [0.05, 0.1) is 13.0 Å². The molecule has 90 valence electrons. The second kappa shape index (κ2) is 7.22. The number of hydrogen-bond acceptors (Lipinski definition) is 3. The minimum atomic E-state index is -0.337. The van der Waals surface area contributed by atoms with E-state index in [9.17, 15) is 9.59 Å². The van der Waals surface area contributed by atoms with E-state index in [0.29, 0.717) is 6.61 Å². The maximum absolute atomic E-state index is 11.4. The summed E-state index contributed by atoms with van der Waals surface area (Å²) in [5.41, 5.74) is 0.721. The molecule has 1 aromatic rings. The van der Waals surface area contributed by atoms with Crippen molar-refractivity contribution in [1.29, 1.82) is 0 Å². The number of para-hydroxylation sites is 1. The monoisotopic (exact) mass is 233 g/mol. The quantitative estimate of drug-likeness (QED) is 0.626. The van der Waals surface area contributed by atoms with E-state index in [1.807, 2.05) is 18.2 Å². The number of carbonyl (C=O) groups is 2. The summed E-state index contributed by atoms with van der Waals surface area (Å²) >= 11 is 0. The Balaban J connectivity index is 2.35. The van der Waals surface area contributed by atoms with E-state index in [-0.39, 0.29) is 18.3 Å². The molecule has 0 unspecified atom stereocenters. The van der Waals surface area contributed by atoms with Crippen molar-refractivity contribution in [3.8, 4) is 0 Å². The Hall–Kier alpha value is -2.10. The SMILES string of the molecule is CCOC(=O)CC=CC(=O)Nc1ccccc1. The van der Waals surface area contributed by atoms with Gasteiger partial charge in [0.15, 0.2) is 0 Å². The number of carbonyl (C=O) groups excluding carboxylic acids is 2. The Bertz CT molecular complexity index is 398. The molecule has 0 atom stereocenters. The second-order valence-corrected chi connectivity index (χ2v) is 3.27. The van der Waals surface area contributed by atoms with Crippen LogP contribution < -0.4 is 5.32 Å². The first kappa shape index (κ1) is 13.0. The van der Waals surface area contributed by atoms with E-state index in [1.54, 1.807) is 19.1 Å². The molecule has 0 heterocycles. The fraction of sp³-hybridized carbons (Fsp3) is 0.231. The minimum absolute atomic E-state index is 0.107. The predicted molar refractivity (Wildman–Crippen MR) is 65.5 cm³/mol. The number of rotatable bonds is 5. The summed E-state index contributed by atoms with van der Waals surface area (Å²) in [7, 11) is 0. The van der Waals surface area contributed by atoms with Crippen LogP contribution >= 0.6 is 0 Å². The topological polar surface area (TPSA) is 55.4 Å². The summed E-state index contributed by atoms with van der Waals surface area (Å²) in [5, 5.41) is 2.67. The van der Waals surface area contributed by atoms with E-state index in [4.69, 9.17) is 4.74 Å². The maximum atomic E-state index is 11.4. The summed E-state index contributed by atoms with van der Waals surface area (Å²) < 4.78 is 4.72. The number of hydrogen-bond donors (Lipinski definition) is 1. The van der Waals surface area contributed by atoms with Gasteiger partial charge in [0.1, 0.15) is 0 Å². The normalized spacial score (nSPS) is 10.2. The Labute approximate surface area is 100 Å². The summed E-state index contributed by atoms with van der Waals surface area (Å²) in [6.07, 6.45) is 2.91. The van der Waals surface area contributed by atoms with Gasteiger partial charge in [0, 0.05) is 5.69 Å². The fourth-order valence-corrected chi connectivity index (χ4v) is 1.19. The van der Waals surface area contributed by atoms with Crippen molar-refractivity contribution >= 4 is 17.6 Å². The van der Waals surface area contributed by atoms with E-state index in [1.165, 1.54) is 12.2 Å². The van der Waals surface area contributed by atoms with Crippen LogP contribution in [0.25, 0.3) is 0 Å². The lowest BCUT2D eigenvalue weighted by Gasteiger charge is -2.00. The number of esters is 1. The molecule has 17 heavy (non-hydrogen) atoms. The van der Waals surface area contributed by atoms with Gasteiger partial charge in [-0.1, -0.05) is 24.3 Å². The van der Waals surface area contributed by atoms with Crippen LogP contribution in [-0.4, -0.2) is 18.5 Å². The first-order valence-electron chi connectivity index (χ1n) is 5.40. The molecule has 0 radical (unpaired) electrons. The summed E-state index contributed by atoms with van der Waals surface area (Å²) in [6, 6.07) is 9.11. The van der Waals surface area contributed by atoms with Gasteiger partial charge in [-0.3, -0.25) is 9.59 Å². The van der Waals surface area contributed by atoms with E-state index < -0.39 is 0 Å². The Kier molecular flexibility index (Phi) is 5.51. The lowest BCUT2D eigenvalue weighted by atomic mass is 10.3. The molecule has 1 rings (SSSR count). The Morgan fingerprint density at radius 1 is 1.29 bits per heavy atom. The summed E-state index contributed by atoms with van der Waals surface area (Å²) in [5.74, 6) is -0.600. The van der Waals surface area contributed by atoms with Gasteiger partial charge in [-0.2, -0.15) is 0 Å². The molecule has 0 aromatic heterocycles. The van der Waals surface area contributed by atoms with Crippen LogP contribution in [0.2, 0.25) is 0 Å². The van der Waals surface area contributed by atoms with Crippen molar-refractivity contribution < 1.29 is 14.3 Å². The maximum Gasteiger partial charge on any atom is 0.309 e. The van der Waals surface area contributed by atoms with Crippen molar-refractivity contribution in [2.45, 2.75) is 13.3 Å². The molecule has 4 heteroatoms. The highest BCUT2D eigenvalue weighted by Crippen LogP contribution is 2.04. The number of ether oxygens (including phenoxy) is 1. The van der Waals surface area contributed by atoms with Gasteiger partial charge in [0.25, 0.3) is 0 Å². The van der Waals surface area contributed by atoms with Gasteiger partial charge >= 0.3 is 5.97 Å². The second-order valence-electron chi connectivity index (χ2n) is 3.27. The Morgan fingerprint density at radius 2 is 2.00 bits per heavy atom. The highest BCUT2D eigenvalue weighted by atomic mass is 16.5. The molecule has 0 saturated heterocycles. The van der Waals surface area contributed by atoms with Crippen molar-refractivity contribution in [3.05, 3.63) is 42.5 Å². The van der Waals surface area contributed by atoms with Gasteiger partial charge in [-0.25, -0.2) is 0 Å². The molecule has 4 nitrogen and oxygen atoms in total. The van der Waals surface area contributed by atoms with E-state index in [2.05, 4.69) is 5.32 Å². The lowest BCUT2D eigenvalue weighted by Crippen LogP contribution is -2.08. The third-order valence-electron chi connectivity index (χ3n) is 1.90. The molecule has 0 bridgehead atoms. The predicted octanol–water partition coefficient (Wildman–Crippen LogP) is 2.13. The van der Waals surface area contributed by atoms with Crippen LogP contribution in [0.1, 0.15) is 13.3 Å². The molecule has 0 fully saturated rings. The van der Waals surface area contributed by atoms with E-state index in [0.717, 1.165) is 5.69 Å². The molecule has 0 saturated carbocycles. The van der Waals surface area contributed by atoms with Gasteiger partial charge < -0.3 is 10.1 Å². The van der Waals surface area contributed by atoms with Crippen molar-refractivity contribution in [3.63, 3.8) is 0 Å². The first-order chi connectivity index (χ1) is 8.22. The van der Waals surface area contributed by atoms with Crippen molar-refractivity contribution in [2.75, 3.05) is 11.9 Å². The molecular formula is C13H15NO3. The average Bonchev–Trinajstić information content (AvgIpc) is 2.30. The zero-order valence-corrected chi connectivity index (χ0v) is 9.68. The molecule has 1 amide bonds. The van der Waals surface area contributed by atoms with Gasteiger partial charge in [-0.05, 0) is 25.1 Å². The van der Waals surface area contributed by atoms with Gasteiger partial charge in [0.2, 0.25) is 5.91 Å². The largest absolute Gasteiger partial charge is 0.466 e. The molecule has 0 aliphatic rings. The molecule has 1 aromatic carbocycles. The summed E-state index contributed by atoms with van der Waals surface area (Å²) in [4.78, 5) is 22.4. The van der Waals surface area contributed by atoms with Crippen LogP contribution in [0.4, 0.5) is 5.69 Å². The van der Waals surface area contributed by atoms with Gasteiger partial charge in [-0.15, -0.1) is 0 Å². The van der Waals surface area contributed by atoms with Crippen LogP contribution in [0.5, 0.6) is 0 Å². The number of amides is 1. The molecule has 0 spiro atoms. The average molecular weight is 233 g/mol. The standard InChI is InChI=1S/C13H15NO3/c1-2-17-13(16)10-6-9-12(15)14-11-7-4-3-5-8-11/h3-9H,2,10H2,1H3,(H,14,15). The number of nitrogens with one attached hydrogen (secondary N) is 1. The third-order valence-corrected chi connectivity index (χ3v) is 1.90. The highest BCUT2D eigenvalue weighted by molar-refractivity contribution is 5.99. The zero-order chi connectivity index (χ0) is 12.5. The molecule has 0 aliphatic carbocycles. The first-order valence-corrected chi connectivity index (χ1v) is 5.40. The number of benzene rings is 1. The zero-order valence-electron chi connectivity index (χ0n) is 9.68. The minimum Gasteiger partial charge on any atom is -0.466 e. The van der Waals surface area contributed by atoms with Crippen molar-refractivity contribution in [1.82, 2.24) is 0 Å². The van der Waals surface area contributed by atoms with Crippen molar-refractivity contribution in [2.24, 2.45) is 0 Å². The van der Waals surface area contributed by atoms with Crippen LogP contribution in [0, 0.1) is 0 Å². The molecular weight excluding hydrogens is 218 g/mol. The number of anilines is 1. The lowest BCUT2D eigenvalue weighted by molar-refractivity contribution is -0.142. The molecule has 1 N–H and O–H groups in total. The fourth-order valence-electron chi connectivity index (χ4n) is 1.19.